The molecule has 4 aliphatic carbocycles. The Labute approximate surface area is 210 Å². The molecule has 2 aliphatic heterocycles. The summed E-state index contributed by atoms with van der Waals surface area (Å²) in [4.78, 5) is 29.0. The predicted molar refractivity (Wildman–Crippen MR) is 136 cm³/mol. The molecule has 0 spiro atoms. The smallest absolute Gasteiger partial charge is 0.331 e. The lowest BCUT2D eigenvalue weighted by molar-refractivity contribution is -0.135. The largest absolute Gasteiger partial charge is 0.458 e. The third kappa shape index (κ3) is 3.69. The number of amides is 2. The monoisotopic (exact) mass is 481 g/mol. The van der Waals surface area contributed by atoms with Gasteiger partial charge < -0.3 is 19.9 Å². The number of carbonyl (C=O) groups excluding carboxylic acids is 2. The molecule has 0 aromatic rings. The number of nitrogens with one attached hydrogen (secondary N) is 1. The Bertz CT molecular complexity index is 953. The Morgan fingerprint density at radius 3 is 2.69 bits per heavy atom. The van der Waals surface area contributed by atoms with E-state index in [-0.39, 0.29) is 17.4 Å². The molecule has 6 rings (SSSR count). The highest BCUT2D eigenvalue weighted by Gasteiger charge is 2.58. The Hall–Kier alpha value is -1.82. The molecule has 6 nitrogen and oxygen atoms in total. The van der Waals surface area contributed by atoms with E-state index >= 15 is 0 Å². The van der Waals surface area contributed by atoms with Gasteiger partial charge in [-0.05, 0) is 91.4 Å². The zero-order valence-electron chi connectivity index (χ0n) is 21.9. The molecular weight excluding hydrogens is 438 g/mol. The van der Waals surface area contributed by atoms with E-state index < -0.39 is 0 Å². The predicted octanol–water partition coefficient (Wildman–Crippen LogP) is 4.37. The van der Waals surface area contributed by atoms with Crippen molar-refractivity contribution in [3.05, 3.63) is 23.3 Å². The number of fused-ring (bicyclic) bond motifs is 5. The first-order valence-corrected chi connectivity index (χ1v) is 14.1. The number of hydrogen-bond acceptors (Lipinski definition) is 4. The average Bonchev–Trinajstić information content (AvgIpc) is 3.45. The van der Waals surface area contributed by atoms with Crippen LogP contribution in [-0.4, -0.2) is 67.7 Å². The van der Waals surface area contributed by atoms with Crippen LogP contribution in [-0.2, 0) is 9.53 Å². The van der Waals surface area contributed by atoms with Gasteiger partial charge in [0.15, 0.2) is 0 Å². The second-order valence-corrected chi connectivity index (χ2v) is 12.8. The number of ether oxygens (including phenoxy) is 1. The molecule has 7 atom stereocenters. The first-order valence-electron chi connectivity index (χ1n) is 14.1. The number of urea groups is 1. The van der Waals surface area contributed by atoms with Crippen LogP contribution in [0, 0.1) is 34.5 Å². The molecule has 2 heterocycles. The molecule has 3 saturated carbocycles. The van der Waals surface area contributed by atoms with Crippen LogP contribution in [0.3, 0.4) is 0 Å². The number of hydrogen-bond donors (Lipinski definition) is 1. The number of rotatable bonds is 2. The fourth-order valence-electron chi connectivity index (χ4n) is 9.30. The molecule has 2 amide bonds. The second kappa shape index (κ2) is 8.64. The standard InChI is InChI=1S/C29H43N3O3/c1-28-10-8-21(31(3)27(34)32-14-12-30-13-15-32)17-20(28)4-5-22-24-7-6-23(19-16-26(33)35-18-19)29(24,2)11-9-25(22)28/h7,16,20-23,25,30H,4-6,8-15,17-18H2,1-3H3/t20-,21?,22+,23-,25+,28+,29-/m1/s1. The second-order valence-electron chi connectivity index (χ2n) is 12.8. The SMILES string of the molecule is CN(C(=O)N1CCNCC1)C1CC[C@@]2(C)[C@H](CC[C@H]3C4=CC[C@H](C5=CC(=O)OC5)[C@@]4(C)CC[C@@H]32)C1. The van der Waals surface area contributed by atoms with Crippen LogP contribution >= 0.6 is 0 Å². The summed E-state index contributed by atoms with van der Waals surface area (Å²) < 4.78 is 5.29. The van der Waals surface area contributed by atoms with Gasteiger partial charge in [-0.1, -0.05) is 25.5 Å². The van der Waals surface area contributed by atoms with E-state index in [2.05, 4.69) is 30.1 Å². The first-order chi connectivity index (χ1) is 16.8. The molecule has 1 unspecified atom stereocenters. The summed E-state index contributed by atoms with van der Waals surface area (Å²) in [7, 11) is 2.05. The lowest BCUT2D eigenvalue weighted by Gasteiger charge is -2.60. The number of piperazine rings is 1. The van der Waals surface area contributed by atoms with E-state index in [1.807, 2.05) is 11.9 Å². The van der Waals surface area contributed by atoms with Crippen molar-refractivity contribution in [3.8, 4) is 0 Å². The van der Waals surface area contributed by atoms with Gasteiger partial charge >= 0.3 is 12.0 Å². The highest BCUT2D eigenvalue weighted by atomic mass is 16.5. The van der Waals surface area contributed by atoms with Crippen molar-refractivity contribution < 1.29 is 14.3 Å². The van der Waals surface area contributed by atoms with Crippen LogP contribution in [0.1, 0.15) is 65.2 Å². The molecule has 35 heavy (non-hydrogen) atoms. The van der Waals surface area contributed by atoms with Gasteiger partial charge in [0, 0.05) is 45.3 Å². The molecule has 0 aromatic carbocycles. The van der Waals surface area contributed by atoms with E-state index in [1.54, 1.807) is 11.6 Å². The zero-order chi connectivity index (χ0) is 24.4. The van der Waals surface area contributed by atoms with Crippen molar-refractivity contribution in [1.29, 1.82) is 0 Å². The summed E-state index contributed by atoms with van der Waals surface area (Å²) in [5.74, 6) is 2.44. The van der Waals surface area contributed by atoms with E-state index in [4.69, 9.17) is 4.74 Å². The molecular formula is C29H43N3O3. The first kappa shape index (κ1) is 23.6. The minimum absolute atomic E-state index is 0.157. The van der Waals surface area contributed by atoms with Crippen LogP contribution in [0.4, 0.5) is 4.79 Å². The highest BCUT2D eigenvalue weighted by Crippen LogP contribution is 2.66. The van der Waals surface area contributed by atoms with Crippen LogP contribution in [0.2, 0.25) is 0 Å². The fourth-order valence-corrected chi connectivity index (χ4v) is 9.30. The lowest BCUT2D eigenvalue weighted by atomic mass is 9.45. The Morgan fingerprint density at radius 1 is 1.14 bits per heavy atom. The topological polar surface area (TPSA) is 61.9 Å². The Kier molecular flexibility index (Phi) is 5.82. The summed E-state index contributed by atoms with van der Waals surface area (Å²) in [6, 6.07) is 0.607. The average molecular weight is 482 g/mol. The van der Waals surface area contributed by atoms with Crippen molar-refractivity contribution in [1.82, 2.24) is 15.1 Å². The summed E-state index contributed by atoms with van der Waals surface area (Å²) in [5.41, 5.74) is 3.49. The van der Waals surface area contributed by atoms with Gasteiger partial charge in [0.05, 0.1) is 0 Å². The van der Waals surface area contributed by atoms with E-state index in [0.717, 1.165) is 44.9 Å². The van der Waals surface area contributed by atoms with Crippen LogP contribution in [0.5, 0.6) is 0 Å². The summed E-state index contributed by atoms with van der Waals surface area (Å²) in [5, 5.41) is 3.35. The quantitative estimate of drug-likeness (QED) is 0.470. The molecule has 0 radical (unpaired) electrons. The third-order valence-electron chi connectivity index (χ3n) is 11.4. The molecule has 1 saturated heterocycles. The third-order valence-corrected chi connectivity index (χ3v) is 11.4. The number of nitrogens with zero attached hydrogens (tertiary/aromatic N) is 2. The maximum atomic E-state index is 13.2. The van der Waals surface area contributed by atoms with Gasteiger partial charge in [0.2, 0.25) is 0 Å². The Morgan fingerprint density at radius 2 is 1.94 bits per heavy atom. The van der Waals surface area contributed by atoms with E-state index in [0.29, 0.717) is 35.8 Å². The summed E-state index contributed by atoms with van der Waals surface area (Å²) in [6.07, 6.45) is 14.0. The van der Waals surface area contributed by atoms with Crippen molar-refractivity contribution in [2.24, 2.45) is 34.5 Å². The molecule has 6 aliphatic rings. The fraction of sp³-hybridized carbons (Fsp3) is 0.793. The number of esters is 1. The lowest BCUT2D eigenvalue weighted by Crippen LogP contribution is -2.56. The van der Waals surface area contributed by atoms with Crippen molar-refractivity contribution in [2.75, 3.05) is 39.8 Å². The number of carbonyl (C=O) groups is 2. The maximum absolute atomic E-state index is 13.2. The normalized spacial score (nSPS) is 42.9. The van der Waals surface area contributed by atoms with Crippen LogP contribution in [0.25, 0.3) is 0 Å². The van der Waals surface area contributed by atoms with Gasteiger partial charge in [-0.25, -0.2) is 9.59 Å². The number of cyclic esters (lactones) is 1. The maximum Gasteiger partial charge on any atom is 0.331 e. The molecule has 6 heteroatoms. The highest BCUT2D eigenvalue weighted by molar-refractivity contribution is 5.85. The van der Waals surface area contributed by atoms with Crippen molar-refractivity contribution >= 4 is 12.0 Å². The minimum Gasteiger partial charge on any atom is -0.458 e. The van der Waals surface area contributed by atoms with Gasteiger partial charge in [0.25, 0.3) is 0 Å². The minimum atomic E-state index is -0.157. The zero-order valence-corrected chi connectivity index (χ0v) is 21.9. The van der Waals surface area contributed by atoms with Gasteiger partial charge in [-0.2, -0.15) is 0 Å². The van der Waals surface area contributed by atoms with Crippen LogP contribution in [0.15, 0.2) is 23.3 Å². The molecule has 0 aromatic heterocycles. The van der Waals surface area contributed by atoms with Crippen molar-refractivity contribution in [2.45, 2.75) is 71.3 Å². The molecule has 192 valence electrons. The molecule has 4 fully saturated rings. The molecule has 0 bridgehead atoms. The number of allylic oxidation sites excluding steroid dienone is 2. The van der Waals surface area contributed by atoms with Crippen molar-refractivity contribution in [3.63, 3.8) is 0 Å². The molecule has 1 N–H and O–H groups in total. The van der Waals surface area contributed by atoms with Gasteiger partial charge in [-0.3, -0.25) is 0 Å². The van der Waals surface area contributed by atoms with Gasteiger partial charge in [0.1, 0.15) is 6.61 Å². The van der Waals surface area contributed by atoms with Gasteiger partial charge in [-0.15, -0.1) is 0 Å². The van der Waals surface area contributed by atoms with Crippen LogP contribution < -0.4 is 5.32 Å². The Balaban J connectivity index is 1.15. The van der Waals surface area contributed by atoms with E-state index in [1.165, 1.54) is 44.1 Å². The summed E-state index contributed by atoms with van der Waals surface area (Å²) in [6.45, 7) is 9.02. The summed E-state index contributed by atoms with van der Waals surface area (Å²) >= 11 is 0. The van der Waals surface area contributed by atoms with E-state index in [9.17, 15) is 9.59 Å².